The molecule has 0 unspecified atom stereocenters. The fraction of sp³-hybridized carbons (Fsp3) is 0.571. The van der Waals surface area contributed by atoms with Crippen LogP contribution in [-0.2, 0) is 16.4 Å². The van der Waals surface area contributed by atoms with E-state index in [9.17, 15) is 13.5 Å². The summed E-state index contributed by atoms with van der Waals surface area (Å²) >= 11 is 6.27. The molecule has 2 aliphatic rings. The van der Waals surface area contributed by atoms with E-state index in [-0.39, 0.29) is 18.3 Å². The summed E-state index contributed by atoms with van der Waals surface area (Å²) in [5.41, 5.74) is 0.823. The largest absolute Gasteiger partial charge is 0.454 e. The number of fused-ring (bicyclic) bond motifs is 1. The van der Waals surface area contributed by atoms with Crippen LogP contribution in [0.1, 0.15) is 12.5 Å². The van der Waals surface area contributed by atoms with E-state index in [4.69, 9.17) is 21.1 Å². The molecule has 2 atom stereocenters. The first-order valence-corrected chi connectivity index (χ1v) is 9.30. The van der Waals surface area contributed by atoms with E-state index in [2.05, 4.69) is 0 Å². The van der Waals surface area contributed by atoms with E-state index < -0.39 is 22.0 Å². The molecule has 1 saturated heterocycles. The topological polar surface area (TPSA) is 76.1 Å². The maximum Gasteiger partial charge on any atom is 0.231 e. The average Bonchev–Trinajstić information content (AvgIpc) is 2.99. The van der Waals surface area contributed by atoms with Crippen LogP contribution in [-0.4, -0.2) is 55.4 Å². The molecule has 0 saturated carbocycles. The number of hydrogen-bond donors (Lipinski definition) is 1. The molecule has 1 aromatic rings. The van der Waals surface area contributed by atoms with Gasteiger partial charge in [-0.05, 0) is 18.2 Å². The van der Waals surface area contributed by atoms with Gasteiger partial charge in [0.05, 0.1) is 23.7 Å². The first-order valence-electron chi connectivity index (χ1n) is 7.10. The van der Waals surface area contributed by atoms with Gasteiger partial charge < -0.3 is 14.6 Å². The summed E-state index contributed by atoms with van der Waals surface area (Å²) in [6, 6.07) is 3.11. The second-order valence-electron chi connectivity index (χ2n) is 5.57. The molecule has 22 heavy (non-hydrogen) atoms. The molecular weight excluding hydrogens is 330 g/mol. The summed E-state index contributed by atoms with van der Waals surface area (Å²) in [5.74, 6) is 1.04. The molecule has 1 aromatic carbocycles. The summed E-state index contributed by atoms with van der Waals surface area (Å²) < 4.78 is 34.0. The second kappa shape index (κ2) is 5.88. The Labute approximate surface area is 134 Å². The van der Waals surface area contributed by atoms with E-state index in [1.807, 2.05) is 17.9 Å². The van der Waals surface area contributed by atoms with Gasteiger partial charge in [-0.2, -0.15) is 0 Å². The van der Waals surface area contributed by atoms with Gasteiger partial charge in [0.2, 0.25) is 6.79 Å². The van der Waals surface area contributed by atoms with Crippen molar-refractivity contribution in [2.45, 2.75) is 25.6 Å². The number of halogens is 1. The minimum atomic E-state index is -3.18. The van der Waals surface area contributed by atoms with E-state index in [0.717, 1.165) is 5.56 Å². The lowest BCUT2D eigenvalue weighted by molar-refractivity contribution is 0.0818. The van der Waals surface area contributed by atoms with Crippen molar-refractivity contribution in [2.24, 2.45) is 0 Å². The van der Waals surface area contributed by atoms with Gasteiger partial charge in [-0.25, -0.2) is 8.42 Å². The number of hydrogen-bond acceptors (Lipinski definition) is 6. The Kier molecular flexibility index (Phi) is 4.24. The van der Waals surface area contributed by atoms with Crippen molar-refractivity contribution in [3.63, 3.8) is 0 Å². The predicted octanol–water partition coefficient (Wildman–Crippen LogP) is 1.05. The molecule has 0 spiro atoms. The minimum Gasteiger partial charge on any atom is -0.454 e. The zero-order valence-electron chi connectivity index (χ0n) is 12.2. The third-order valence-electron chi connectivity index (χ3n) is 4.08. The van der Waals surface area contributed by atoms with Crippen LogP contribution in [0.4, 0.5) is 0 Å². The average molecular weight is 348 g/mol. The van der Waals surface area contributed by atoms with Crippen molar-refractivity contribution in [3.05, 3.63) is 22.7 Å². The highest BCUT2D eigenvalue weighted by Gasteiger charge is 2.39. The monoisotopic (exact) mass is 347 g/mol. The van der Waals surface area contributed by atoms with E-state index in [1.165, 1.54) is 0 Å². The van der Waals surface area contributed by atoms with Crippen LogP contribution >= 0.6 is 11.6 Å². The van der Waals surface area contributed by atoms with Crippen LogP contribution in [0.5, 0.6) is 11.5 Å². The number of sulfone groups is 1. The molecule has 0 amide bonds. The Balaban J connectivity index is 1.82. The lowest BCUT2D eigenvalue weighted by Gasteiger charge is -2.29. The molecule has 8 heteroatoms. The molecule has 0 aliphatic carbocycles. The van der Waals surface area contributed by atoms with Gasteiger partial charge in [-0.15, -0.1) is 0 Å². The Morgan fingerprint density at radius 2 is 2.00 bits per heavy atom. The van der Waals surface area contributed by atoms with Gasteiger partial charge in [-0.1, -0.05) is 18.5 Å². The summed E-state index contributed by atoms with van der Waals surface area (Å²) in [6.07, 6.45) is -0.863. The number of rotatable bonds is 4. The first kappa shape index (κ1) is 15.9. The van der Waals surface area contributed by atoms with Crippen molar-refractivity contribution >= 4 is 21.4 Å². The molecule has 6 nitrogen and oxygen atoms in total. The van der Waals surface area contributed by atoms with Gasteiger partial charge in [0.1, 0.15) is 0 Å². The third-order valence-corrected chi connectivity index (χ3v) is 6.13. The quantitative estimate of drug-likeness (QED) is 0.877. The first-order chi connectivity index (χ1) is 10.4. The summed E-state index contributed by atoms with van der Waals surface area (Å²) in [6.45, 7) is 3.16. The van der Waals surface area contributed by atoms with Crippen molar-refractivity contribution in [1.82, 2.24) is 4.90 Å². The summed E-state index contributed by atoms with van der Waals surface area (Å²) in [5, 5.41) is 10.6. The molecule has 1 fully saturated rings. The van der Waals surface area contributed by atoms with Gasteiger partial charge in [0.25, 0.3) is 0 Å². The Hall–Kier alpha value is -1.02. The van der Waals surface area contributed by atoms with E-state index in [1.54, 1.807) is 6.07 Å². The van der Waals surface area contributed by atoms with Gasteiger partial charge in [0.15, 0.2) is 21.3 Å². The second-order valence-corrected chi connectivity index (χ2v) is 8.13. The van der Waals surface area contributed by atoms with Crippen LogP contribution in [0.15, 0.2) is 12.1 Å². The highest BCUT2D eigenvalue weighted by molar-refractivity contribution is 7.91. The van der Waals surface area contributed by atoms with E-state index >= 15 is 0 Å². The van der Waals surface area contributed by atoms with Crippen molar-refractivity contribution in [3.8, 4) is 11.5 Å². The minimum absolute atomic E-state index is 0.0236. The highest BCUT2D eigenvalue weighted by Crippen LogP contribution is 2.37. The zero-order chi connectivity index (χ0) is 15.9. The number of aliphatic hydroxyl groups excluding tert-OH is 1. The molecule has 2 heterocycles. The lowest BCUT2D eigenvalue weighted by atomic mass is 10.1. The van der Waals surface area contributed by atoms with Crippen LogP contribution in [0.25, 0.3) is 0 Å². The van der Waals surface area contributed by atoms with Crippen LogP contribution < -0.4 is 9.47 Å². The number of benzene rings is 1. The third kappa shape index (κ3) is 3.03. The molecule has 0 radical (unpaired) electrons. The number of aliphatic hydroxyl groups is 1. The Morgan fingerprint density at radius 3 is 2.59 bits per heavy atom. The predicted molar refractivity (Wildman–Crippen MR) is 82.1 cm³/mol. The van der Waals surface area contributed by atoms with Crippen LogP contribution in [0.3, 0.4) is 0 Å². The van der Waals surface area contributed by atoms with Gasteiger partial charge in [-0.3, -0.25) is 4.90 Å². The zero-order valence-corrected chi connectivity index (χ0v) is 13.7. The number of likely N-dealkylation sites (N-methyl/N-ethyl adjacent to an activating group) is 1. The molecule has 3 rings (SSSR count). The maximum atomic E-state index is 11.7. The normalized spacial score (nSPS) is 25.8. The van der Waals surface area contributed by atoms with Gasteiger partial charge in [0, 0.05) is 17.6 Å². The highest BCUT2D eigenvalue weighted by atomic mass is 35.5. The Bertz CT molecular complexity index is 678. The summed E-state index contributed by atoms with van der Waals surface area (Å²) in [7, 11) is -3.18. The summed E-state index contributed by atoms with van der Waals surface area (Å²) in [4.78, 5) is 1.93. The lowest BCUT2D eigenvalue weighted by Crippen LogP contribution is -2.42. The van der Waals surface area contributed by atoms with Crippen molar-refractivity contribution < 1.29 is 23.0 Å². The standard InChI is InChI=1S/C14H18ClNO5S/c1-2-16(11-6-22(18,19)7-12(11)17)5-9-3-13-14(4-10(9)15)21-8-20-13/h3-4,11-12,17H,2,5-8H2,1H3/t11-,12-/m1/s1. The molecule has 122 valence electrons. The molecule has 1 N–H and O–H groups in total. The number of ether oxygens (including phenoxy) is 2. The fourth-order valence-corrected chi connectivity index (χ4v) is 4.97. The van der Waals surface area contributed by atoms with Crippen molar-refractivity contribution in [1.29, 1.82) is 0 Å². The molecular formula is C14H18ClNO5S. The van der Waals surface area contributed by atoms with Crippen molar-refractivity contribution in [2.75, 3.05) is 24.8 Å². The molecule has 0 bridgehead atoms. The van der Waals surface area contributed by atoms with Gasteiger partial charge >= 0.3 is 0 Å². The van der Waals surface area contributed by atoms with Crippen LogP contribution in [0.2, 0.25) is 5.02 Å². The van der Waals surface area contributed by atoms with E-state index in [0.29, 0.717) is 29.6 Å². The van der Waals surface area contributed by atoms with Crippen LogP contribution in [0, 0.1) is 0 Å². The Morgan fingerprint density at radius 1 is 1.32 bits per heavy atom. The SMILES string of the molecule is CCN(Cc1cc2c(cc1Cl)OCO2)[C@@H]1CS(=O)(=O)C[C@H]1O. The molecule has 0 aromatic heterocycles. The molecule has 2 aliphatic heterocycles. The smallest absolute Gasteiger partial charge is 0.231 e. The number of nitrogens with zero attached hydrogens (tertiary/aromatic N) is 1. The maximum absolute atomic E-state index is 11.7. The fourth-order valence-electron chi connectivity index (χ4n) is 2.92.